The Hall–Kier alpha value is -6.69. The molecule has 0 saturated carbocycles. The summed E-state index contributed by atoms with van der Waals surface area (Å²) in [5.41, 5.74) is 12.4. The summed E-state index contributed by atoms with van der Waals surface area (Å²) in [6.45, 7) is 0. The Morgan fingerprint density at radius 1 is 0.404 bits per heavy atom. The van der Waals surface area contributed by atoms with Crippen molar-refractivity contribution in [2.75, 3.05) is 0 Å². The molecule has 0 radical (unpaired) electrons. The number of benzene rings is 6. The molecule has 0 amide bonds. The number of pyridine rings is 1. The van der Waals surface area contributed by atoms with E-state index in [2.05, 4.69) is 140 Å². The molecule has 4 nitrogen and oxygen atoms in total. The molecule has 10 rings (SSSR count). The second kappa shape index (κ2) is 12.6. The van der Waals surface area contributed by atoms with Crippen LogP contribution in [0, 0.1) is 0 Å². The number of aromatic nitrogens is 4. The fourth-order valence-electron chi connectivity index (χ4n) is 7.05. The molecule has 0 bridgehead atoms. The Morgan fingerprint density at radius 3 is 1.83 bits per heavy atom. The van der Waals surface area contributed by atoms with E-state index in [9.17, 15) is 0 Å². The van der Waals surface area contributed by atoms with Crippen LogP contribution >= 0.6 is 11.3 Å². The Bertz CT molecular complexity index is 2860. The number of fused-ring (bicyclic) bond motifs is 4. The molecular weight excluding hydrogens is 653 g/mol. The number of nitrogens with zero attached hydrogens (tertiary/aromatic N) is 4. The van der Waals surface area contributed by atoms with Crippen molar-refractivity contribution in [3.8, 4) is 67.4 Å². The van der Waals surface area contributed by atoms with Crippen molar-refractivity contribution in [3.05, 3.63) is 182 Å². The van der Waals surface area contributed by atoms with Crippen LogP contribution in [0.1, 0.15) is 0 Å². The highest BCUT2D eigenvalue weighted by atomic mass is 32.1. The summed E-state index contributed by atoms with van der Waals surface area (Å²) in [5.74, 6) is 0.691. The fraction of sp³-hybridized carbons (Fsp3) is 0. The summed E-state index contributed by atoms with van der Waals surface area (Å²) in [6, 6.07) is 59.8. The second-order valence-electron chi connectivity index (χ2n) is 12.9. The predicted octanol–water partition coefficient (Wildman–Crippen LogP) is 12.5. The molecule has 10 aromatic rings. The van der Waals surface area contributed by atoms with Gasteiger partial charge < -0.3 is 4.40 Å². The monoisotopic (exact) mass is 682 g/mol. The molecule has 0 spiro atoms. The van der Waals surface area contributed by atoms with Gasteiger partial charge in [0.1, 0.15) is 5.65 Å². The standard InChI is InChI=1S/C47H30N4S/c1-3-12-31(13-4-1)35-26-36(38-17-11-18-40-39-16-7-8-19-44(39)52-46(38)40)28-37(27-35)42-29-41(49-47(50-42)34-14-5-2-6-15-34)32-21-23-33(24-22-32)43-30-51-25-10-9-20-45(51)48-43/h1-30H. The van der Waals surface area contributed by atoms with Gasteiger partial charge in [0.25, 0.3) is 0 Å². The zero-order chi connectivity index (χ0) is 34.4. The van der Waals surface area contributed by atoms with Crippen molar-refractivity contribution in [1.82, 2.24) is 19.4 Å². The van der Waals surface area contributed by atoms with Gasteiger partial charge in [-0.2, -0.15) is 0 Å². The Kier molecular flexibility index (Phi) is 7.29. The van der Waals surface area contributed by atoms with Crippen molar-refractivity contribution in [2.45, 2.75) is 0 Å². The maximum atomic E-state index is 5.23. The van der Waals surface area contributed by atoms with Gasteiger partial charge in [0.05, 0.1) is 17.1 Å². The first-order valence-corrected chi connectivity index (χ1v) is 18.2. The normalized spacial score (nSPS) is 11.5. The molecule has 0 N–H and O–H groups in total. The van der Waals surface area contributed by atoms with E-state index >= 15 is 0 Å². The minimum atomic E-state index is 0.691. The molecule has 0 aliphatic carbocycles. The van der Waals surface area contributed by atoms with Crippen LogP contribution in [0.2, 0.25) is 0 Å². The molecule has 244 valence electrons. The third-order valence-corrected chi connectivity index (χ3v) is 10.9. The molecule has 0 saturated heterocycles. The van der Waals surface area contributed by atoms with Gasteiger partial charge in [0, 0.05) is 54.8 Å². The molecule has 0 aliphatic heterocycles. The third kappa shape index (κ3) is 5.45. The Balaban J connectivity index is 1.15. The van der Waals surface area contributed by atoms with E-state index in [1.165, 1.54) is 25.7 Å². The van der Waals surface area contributed by atoms with E-state index in [1.54, 1.807) is 0 Å². The lowest BCUT2D eigenvalue weighted by molar-refractivity contribution is 1.18. The van der Waals surface area contributed by atoms with Gasteiger partial charge >= 0.3 is 0 Å². The van der Waals surface area contributed by atoms with Crippen LogP contribution in [-0.4, -0.2) is 19.4 Å². The largest absolute Gasteiger partial charge is 0.306 e. The molecule has 6 aromatic carbocycles. The summed E-state index contributed by atoms with van der Waals surface area (Å²) < 4.78 is 4.63. The van der Waals surface area contributed by atoms with Crippen LogP contribution in [0.15, 0.2) is 182 Å². The summed E-state index contributed by atoms with van der Waals surface area (Å²) in [6.07, 6.45) is 4.09. The highest BCUT2D eigenvalue weighted by Crippen LogP contribution is 2.42. The van der Waals surface area contributed by atoms with E-state index in [-0.39, 0.29) is 0 Å². The van der Waals surface area contributed by atoms with E-state index < -0.39 is 0 Å². The van der Waals surface area contributed by atoms with Gasteiger partial charge in [0.2, 0.25) is 0 Å². The topological polar surface area (TPSA) is 43.1 Å². The molecule has 0 unspecified atom stereocenters. The van der Waals surface area contributed by atoms with Crippen LogP contribution in [0.3, 0.4) is 0 Å². The molecule has 52 heavy (non-hydrogen) atoms. The SMILES string of the molecule is c1ccc(-c2cc(-c3cc(-c4ccc(-c5cn6ccccc6n5)cc4)nc(-c4ccccc4)n3)cc(-c3cccc4c3sc3ccccc34)c2)cc1. The lowest BCUT2D eigenvalue weighted by atomic mass is 9.94. The number of imidazole rings is 1. The maximum absolute atomic E-state index is 5.23. The van der Waals surface area contributed by atoms with E-state index in [0.29, 0.717) is 5.82 Å². The number of hydrogen-bond donors (Lipinski definition) is 0. The average molecular weight is 683 g/mol. The summed E-state index contributed by atoms with van der Waals surface area (Å²) in [4.78, 5) is 15.2. The first-order valence-electron chi connectivity index (χ1n) is 17.3. The highest BCUT2D eigenvalue weighted by Gasteiger charge is 2.16. The first kappa shape index (κ1) is 30.2. The van der Waals surface area contributed by atoms with Crippen molar-refractivity contribution in [2.24, 2.45) is 0 Å². The van der Waals surface area contributed by atoms with Crippen molar-refractivity contribution < 1.29 is 0 Å². The summed E-state index contributed by atoms with van der Waals surface area (Å²) in [5, 5.41) is 2.58. The Morgan fingerprint density at radius 2 is 1.04 bits per heavy atom. The molecule has 0 atom stereocenters. The van der Waals surface area contributed by atoms with E-state index in [4.69, 9.17) is 15.0 Å². The van der Waals surface area contributed by atoms with Crippen molar-refractivity contribution in [3.63, 3.8) is 0 Å². The molecule has 0 fully saturated rings. The molecule has 5 heteroatoms. The summed E-state index contributed by atoms with van der Waals surface area (Å²) >= 11 is 1.86. The van der Waals surface area contributed by atoms with Crippen LogP contribution in [0.25, 0.3) is 93.2 Å². The van der Waals surface area contributed by atoms with E-state index in [1.807, 2.05) is 58.3 Å². The van der Waals surface area contributed by atoms with Gasteiger partial charge in [0.15, 0.2) is 5.82 Å². The zero-order valence-electron chi connectivity index (χ0n) is 28.0. The van der Waals surface area contributed by atoms with Gasteiger partial charge in [-0.05, 0) is 64.7 Å². The molecule has 4 heterocycles. The van der Waals surface area contributed by atoms with Gasteiger partial charge in [-0.1, -0.05) is 127 Å². The number of hydrogen-bond acceptors (Lipinski definition) is 4. The van der Waals surface area contributed by atoms with Crippen LogP contribution < -0.4 is 0 Å². The lowest BCUT2D eigenvalue weighted by Gasteiger charge is -2.14. The van der Waals surface area contributed by atoms with Crippen molar-refractivity contribution in [1.29, 1.82) is 0 Å². The van der Waals surface area contributed by atoms with Crippen LogP contribution in [0.4, 0.5) is 0 Å². The van der Waals surface area contributed by atoms with Crippen LogP contribution in [0.5, 0.6) is 0 Å². The second-order valence-corrected chi connectivity index (χ2v) is 14.0. The van der Waals surface area contributed by atoms with Crippen molar-refractivity contribution >= 4 is 37.2 Å². The first-order chi connectivity index (χ1) is 25.7. The molecule has 4 aromatic heterocycles. The fourth-order valence-corrected chi connectivity index (χ4v) is 8.29. The molecular formula is C47H30N4S. The summed E-state index contributed by atoms with van der Waals surface area (Å²) in [7, 11) is 0. The number of thiophene rings is 1. The minimum Gasteiger partial charge on any atom is -0.306 e. The third-order valence-electron chi connectivity index (χ3n) is 9.65. The zero-order valence-corrected chi connectivity index (χ0v) is 28.8. The lowest BCUT2D eigenvalue weighted by Crippen LogP contribution is -1.96. The minimum absolute atomic E-state index is 0.691. The smallest absolute Gasteiger partial charge is 0.160 e. The quantitative estimate of drug-likeness (QED) is 0.175. The Labute approximate surface area is 305 Å². The van der Waals surface area contributed by atoms with Crippen LogP contribution in [-0.2, 0) is 0 Å². The average Bonchev–Trinajstić information content (AvgIpc) is 3.83. The highest BCUT2D eigenvalue weighted by molar-refractivity contribution is 7.26. The maximum Gasteiger partial charge on any atom is 0.160 e. The van der Waals surface area contributed by atoms with Gasteiger partial charge in [-0.25, -0.2) is 15.0 Å². The van der Waals surface area contributed by atoms with Gasteiger partial charge in [-0.3, -0.25) is 0 Å². The predicted molar refractivity (Wildman–Crippen MR) is 216 cm³/mol. The van der Waals surface area contributed by atoms with Gasteiger partial charge in [-0.15, -0.1) is 11.3 Å². The molecule has 0 aliphatic rings. The number of rotatable bonds is 6. The van der Waals surface area contributed by atoms with E-state index in [0.717, 1.165) is 61.7 Å².